The van der Waals surface area contributed by atoms with Crippen molar-refractivity contribution in [3.8, 4) is 5.75 Å². The van der Waals surface area contributed by atoms with Gasteiger partial charge in [-0.05, 0) is 49.3 Å². The van der Waals surface area contributed by atoms with Crippen molar-refractivity contribution < 1.29 is 9.84 Å². The summed E-state index contributed by atoms with van der Waals surface area (Å²) < 4.78 is 5.33. The number of aryl methyl sites for hydroxylation is 2. The first-order chi connectivity index (χ1) is 7.22. The minimum atomic E-state index is 0.228. The Hall–Kier alpha value is -0.670. The molecule has 0 amide bonds. The van der Waals surface area contributed by atoms with Gasteiger partial charge in [0.15, 0.2) is 0 Å². The molecule has 0 aliphatic carbocycles. The van der Waals surface area contributed by atoms with Crippen LogP contribution in [0.15, 0.2) is 17.0 Å². The van der Waals surface area contributed by atoms with Crippen LogP contribution in [-0.4, -0.2) is 25.1 Å². The number of ether oxygens (including phenoxy) is 1. The van der Waals surface area contributed by atoms with E-state index >= 15 is 0 Å². The fraction of sp³-hybridized carbons (Fsp3) is 0.500. The Morgan fingerprint density at radius 3 is 2.67 bits per heavy atom. The monoisotopic (exact) mass is 226 g/mol. The van der Waals surface area contributed by atoms with E-state index in [0.717, 1.165) is 18.6 Å². The summed E-state index contributed by atoms with van der Waals surface area (Å²) in [6, 6.07) is 4.23. The molecule has 0 heterocycles. The maximum absolute atomic E-state index is 8.83. The number of aliphatic hydroxyl groups is 1. The predicted octanol–water partition coefficient (Wildman–Crippen LogP) is 2.65. The van der Waals surface area contributed by atoms with E-state index in [1.165, 1.54) is 16.0 Å². The van der Waals surface area contributed by atoms with Gasteiger partial charge in [-0.3, -0.25) is 0 Å². The Morgan fingerprint density at radius 1 is 1.40 bits per heavy atom. The second-order valence-corrected chi connectivity index (χ2v) is 4.31. The van der Waals surface area contributed by atoms with E-state index in [9.17, 15) is 0 Å². The molecule has 0 radical (unpaired) electrons. The van der Waals surface area contributed by atoms with Gasteiger partial charge in [0.2, 0.25) is 0 Å². The lowest BCUT2D eigenvalue weighted by atomic mass is 10.1. The number of rotatable bonds is 5. The summed E-state index contributed by atoms with van der Waals surface area (Å²) >= 11 is 1.74. The molecule has 84 valence electrons. The van der Waals surface area contributed by atoms with Crippen LogP contribution in [0.25, 0.3) is 0 Å². The maximum Gasteiger partial charge on any atom is 0.122 e. The molecule has 1 rings (SSSR count). The van der Waals surface area contributed by atoms with Crippen LogP contribution in [0, 0.1) is 6.92 Å². The molecule has 1 aromatic rings. The topological polar surface area (TPSA) is 29.5 Å². The van der Waals surface area contributed by atoms with Gasteiger partial charge in [-0.2, -0.15) is 0 Å². The molecule has 0 aliphatic heterocycles. The van der Waals surface area contributed by atoms with Crippen molar-refractivity contribution in [3.63, 3.8) is 0 Å². The number of methoxy groups -OCH3 is 1. The number of thioether (sulfide) groups is 1. The van der Waals surface area contributed by atoms with E-state index in [2.05, 4.69) is 25.3 Å². The van der Waals surface area contributed by atoms with E-state index in [1.807, 2.05) is 0 Å². The molecule has 0 saturated carbocycles. The van der Waals surface area contributed by atoms with Crippen LogP contribution in [0.3, 0.4) is 0 Å². The highest BCUT2D eigenvalue weighted by Crippen LogP contribution is 2.29. The zero-order chi connectivity index (χ0) is 11.3. The smallest absolute Gasteiger partial charge is 0.122 e. The second kappa shape index (κ2) is 6.03. The van der Waals surface area contributed by atoms with E-state index in [0.29, 0.717) is 0 Å². The third-order valence-corrected chi connectivity index (χ3v) is 3.28. The van der Waals surface area contributed by atoms with E-state index in [-0.39, 0.29) is 6.61 Å². The van der Waals surface area contributed by atoms with Gasteiger partial charge >= 0.3 is 0 Å². The van der Waals surface area contributed by atoms with Gasteiger partial charge < -0.3 is 9.84 Å². The van der Waals surface area contributed by atoms with Crippen LogP contribution in [0.4, 0.5) is 0 Å². The molecule has 0 saturated heterocycles. The lowest BCUT2D eigenvalue weighted by molar-refractivity contribution is 0.287. The fourth-order valence-corrected chi connectivity index (χ4v) is 2.22. The number of benzene rings is 1. The average molecular weight is 226 g/mol. The maximum atomic E-state index is 8.83. The number of hydrogen-bond acceptors (Lipinski definition) is 3. The van der Waals surface area contributed by atoms with Crippen LogP contribution in [0.1, 0.15) is 17.5 Å². The fourth-order valence-electron chi connectivity index (χ4n) is 1.58. The molecular weight excluding hydrogens is 208 g/mol. The molecule has 0 unspecified atom stereocenters. The van der Waals surface area contributed by atoms with Gasteiger partial charge in [0.25, 0.3) is 0 Å². The highest BCUT2D eigenvalue weighted by molar-refractivity contribution is 7.98. The van der Waals surface area contributed by atoms with Crippen LogP contribution in [0.2, 0.25) is 0 Å². The third-order valence-electron chi connectivity index (χ3n) is 2.40. The quantitative estimate of drug-likeness (QED) is 0.783. The zero-order valence-electron chi connectivity index (χ0n) is 9.54. The molecule has 0 aliphatic rings. The minimum absolute atomic E-state index is 0.228. The molecular formula is C12H18O2S. The summed E-state index contributed by atoms with van der Waals surface area (Å²) in [6.07, 6.45) is 3.73. The van der Waals surface area contributed by atoms with E-state index < -0.39 is 0 Å². The first kappa shape index (κ1) is 12.4. The Morgan fingerprint density at radius 2 is 2.13 bits per heavy atom. The summed E-state index contributed by atoms with van der Waals surface area (Å²) in [5, 5.41) is 8.83. The molecule has 0 bridgehead atoms. The van der Waals surface area contributed by atoms with Gasteiger partial charge in [-0.15, -0.1) is 11.8 Å². The SMILES string of the molecule is COc1cc(C)c(SC)cc1CCCO. The average Bonchev–Trinajstić information content (AvgIpc) is 2.26. The van der Waals surface area contributed by atoms with Crippen LogP contribution < -0.4 is 4.74 Å². The highest BCUT2D eigenvalue weighted by atomic mass is 32.2. The normalized spacial score (nSPS) is 10.4. The van der Waals surface area contributed by atoms with Crippen LogP contribution in [0.5, 0.6) is 5.75 Å². The molecule has 0 spiro atoms. The lowest BCUT2D eigenvalue weighted by Gasteiger charge is -2.12. The Kier molecular flexibility index (Phi) is 4.99. The molecule has 0 fully saturated rings. The first-order valence-electron chi connectivity index (χ1n) is 5.05. The molecule has 0 aromatic heterocycles. The molecule has 1 aromatic carbocycles. The first-order valence-corrected chi connectivity index (χ1v) is 6.27. The van der Waals surface area contributed by atoms with Crippen molar-refractivity contribution in [2.75, 3.05) is 20.0 Å². The van der Waals surface area contributed by atoms with Crippen molar-refractivity contribution in [1.82, 2.24) is 0 Å². The Bertz CT molecular complexity index is 324. The van der Waals surface area contributed by atoms with Gasteiger partial charge in [0.05, 0.1) is 7.11 Å². The second-order valence-electron chi connectivity index (χ2n) is 3.46. The van der Waals surface area contributed by atoms with E-state index in [4.69, 9.17) is 9.84 Å². The number of aliphatic hydroxyl groups excluding tert-OH is 1. The van der Waals surface area contributed by atoms with Gasteiger partial charge in [-0.1, -0.05) is 0 Å². The molecule has 3 heteroatoms. The van der Waals surface area contributed by atoms with Crippen molar-refractivity contribution >= 4 is 11.8 Å². The van der Waals surface area contributed by atoms with Crippen molar-refractivity contribution in [3.05, 3.63) is 23.3 Å². The summed E-state index contributed by atoms with van der Waals surface area (Å²) in [6.45, 7) is 2.32. The predicted molar refractivity (Wildman–Crippen MR) is 64.9 cm³/mol. The summed E-state index contributed by atoms with van der Waals surface area (Å²) in [5.41, 5.74) is 2.42. The largest absolute Gasteiger partial charge is 0.496 e. The van der Waals surface area contributed by atoms with Gasteiger partial charge in [0.1, 0.15) is 5.75 Å². The highest BCUT2D eigenvalue weighted by Gasteiger charge is 2.07. The molecule has 1 N–H and O–H groups in total. The standard InChI is InChI=1S/C12H18O2S/c1-9-7-11(14-2)10(5-4-6-13)8-12(9)15-3/h7-8,13H,4-6H2,1-3H3. The zero-order valence-corrected chi connectivity index (χ0v) is 10.4. The summed E-state index contributed by atoms with van der Waals surface area (Å²) in [4.78, 5) is 1.28. The Balaban J connectivity index is 2.99. The van der Waals surface area contributed by atoms with Crippen molar-refractivity contribution in [1.29, 1.82) is 0 Å². The van der Waals surface area contributed by atoms with Gasteiger partial charge in [0, 0.05) is 11.5 Å². The van der Waals surface area contributed by atoms with Crippen LogP contribution in [-0.2, 0) is 6.42 Å². The Labute approximate surface area is 95.7 Å². The minimum Gasteiger partial charge on any atom is -0.496 e. The molecule has 2 nitrogen and oxygen atoms in total. The van der Waals surface area contributed by atoms with Crippen LogP contribution >= 0.6 is 11.8 Å². The molecule has 15 heavy (non-hydrogen) atoms. The molecule has 0 atom stereocenters. The lowest BCUT2D eigenvalue weighted by Crippen LogP contribution is -1.96. The summed E-state index contributed by atoms with van der Waals surface area (Å²) in [7, 11) is 1.69. The van der Waals surface area contributed by atoms with Crippen molar-refractivity contribution in [2.45, 2.75) is 24.7 Å². The number of hydrogen-bond donors (Lipinski definition) is 1. The van der Waals surface area contributed by atoms with E-state index in [1.54, 1.807) is 18.9 Å². The van der Waals surface area contributed by atoms with Gasteiger partial charge in [-0.25, -0.2) is 0 Å². The third kappa shape index (κ3) is 3.14. The summed E-state index contributed by atoms with van der Waals surface area (Å²) in [5.74, 6) is 0.929. The van der Waals surface area contributed by atoms with Crippen molar-refractivity contribution in [2.24, 2.45) is 0 Å².